The van der Waals surface area contributed by atoms with Crippen molar-refractivity contribution in [3.63, 3.8) is 0 Å². The van der Waals surface area contributed by atoms with Gasteiger partial charge < -0.3 is 35.2 Å². The molecule has 7 N–H and O–H groups in total. The number of aliphatic hydroxyl groups excluding tert-OH is 1. The summed E-state index contributed by atoms with van der Waals surface area (Å²) in [5.74, 6) is -0.853. The zero-order chi connectivity index (χ0) is 21.3. The summed E-state index contributed by atoms with van der Waals surface area (Å²) in [6.07, 6.45) is -2.38. The Morgan fingerprint density at radius 3 is 2.43 bits per heavy atom. The second-order valence-corrected chi connectivity index (χ2v) is 9.69. The molecule has 28 heavy (non-hydrogen) atoms. The molecule has 1 aromatic rings. The van der Waals surface area contributed by atoms with Crippen molar-refractivity contribution in [3.05, 3.63) is 11.9 Å². The maximum atomic E-state index is 11.6. The van der Waals surface area contributed by atoms with E-state index in [1.807, 2.05) is 0 Å². The zero-order valence-electron chi connectivity index (χ0n) is 13.5. The van der Waals surface area contributed by atoms with E-state index in [0.29, 0.717) is 0 Å². The number of nitrogens with two attached hydrogens (primary N) is 1. The minimum absolute atomic E-state index is 0.0913. The van der Waals surface area contributed by atoms with E-state index < -0.39 is 54.4 Å². The van der Waals surface area contributed by atoms with Crippen molar-refractivity contribution in [1.29, 1.82) is 0 Å². The normalized spacial score (nSPS) is 27.2. The molecule has 0 aliphatic carbocycles. The fourth-order valence-electron chi connectivity index (χ4n) is 2.03. The summed E-state index contributed by atoms with van der Waals surface area (Å²) in [5, 5.41) is 17.0. The minimum atomic E-state index is -5.65. The molecule has 1 aliphatic rings. The number of carbonyl (C=O) groups excluding carboxylic acids is 1. The van der Waals surface area contributed by atoms with E-state index in [2.05, 4.69) is 23.5 Å². The predicted molar refractivity (Wildman–Crippen MR) is 82.9 cm³/mol. The quantitative estimate of drug-likeness (QED) is 0.222. The van der Waals surface area contributed by atoms with Crippen LogP contribution in [0.15, 0.2) is 6.20 Å². The highest BCUT2D eigenvalue weighted by molar-refractivity contribution is 7.66. The maximum Gasteiger partial charge on any atom is 0.490 e. The van der Waals surface area contributed by atoms with Gasteiger partial charge in [-0.2, -0.15) is 8.62 Å². The van der Waals surface area contributed by atoms with Gasteiger partial charge >= 0.3 is 23.5 Å². The van der Waals surface area contributed by atoms with Gasteiger partial charge in [0.1, 0.15) is 6.10 Å². The first-order valence-electron chi connectivity index (χ1n) is 7.01. The first-order valence-corrected chi connectivity index (χ1v) is 11.5. The molecule has 1 amide bonds. The van der Waals surface area contributed by atoms with Gasteiger partial charge in [0, 0.05) is 6.42 Å². The number of rotatable bonds is 9. The molecule has 2 rings (SSSR count). The number of hydrogen-bond donors (Lipinski definition) is 6. The average Bonchev–Trinajstić information content (AvgIpc) is 3.07. The van der Waals surface area contributed by atoms with Gasteiger partial charge in [0.15, 0.2) is 11.9 Å². The lowest BCUT2D eigenvalue weighted by molar-refractivity contribution is -0.0480. The summed E-state index contributed by atoms with van der Waals surface area (Å²) in [6, 6.07) is 0. The summed E-state index contributed by atoms with van der Waals surface area (Å²) < 4.78 is 51.2. The number of amides is 1. The van der Waals surface area contributed by atoms with E-state index in [1.165, 1.54) is 0 Å². The van der Waals surface area contributed by atoms with Crippen LogP contribution in [0.5, 0.6) is 0 Å². The fraction of sp³-hybridized carbons (Fsp3) is 0.625. The van der Waals surface area contributed by atoms with E-state index >= 15 is 0 Å². The molecule has 1 fully saturated rings. The van der Waals surface area contributed by atoms with Gasteiger partial charge in [-0.1, -0.05) is 5.21 Å². The van der Waals surface area contributed by atoms with Crippen LogP contribution in [0.2, 0.25) is 0 Å². The lowest BCUT2D eigenvalue weighted by Crippen LogP contribution is -2.26. The molecular weight excluding hydrogens is 453 g/mol. The molecule has 2 heterocycles. The van der Waals surface area contributed by atoms with Crippen LogP contribution in [0.3, 0.4) is 0 Å². The molecule has 1 saturated heterocycles. The van der Waals surface area contributed by atoms with E-state index in [4.69, 9.17) is 25.2 Å². The van der Waals surface area contributed by atoms with Crippen LogP contribution >= 0.6 is 23.5 Å². The number of nitrogens with zero attached hydrogens (tertiary/aromatic N) is 3. The van der Waals surface area contributed by atoms with Gasteiger partial charge in [0.25, 0.3) is 5.91 Å². The van der Waals surface area contributed by atoms with Gasteiger partial charge in [0.05, 0.1) is 18.9 Å². The molecule has 0 bridgehead atoms. The largest absolute Gasteiger partial charge is 0.490 e. The first kappa shape index (κ1) is 23.2. The summed E-state index contributed by atoms with van der Waals surface area (Å²) in [7, 11) is -16.5. The van der Waals surface area contributed by atoms with Crippen molar-refractivity contribution >= 4 is 29.4 Å². The SMILES string of the molecule is NC(=O)c1cn([C@H]2C[C@H](O)[C@@H](COP(=O)(O)OP(=O)(O)OP(=O)(O)O)O2)nn1. The van der Waals surface area contributed by atoms with Crippen molar-refractivity contribution in [2.24, 2.45) is 5.73 Å². The summed E-state index contributed by atoms with van der Waals surface area (Å²) >= 11 is 0. The van der Waals surface area contributed by atoms with E-state index in [1.54, 1.807) is 0 Å². The lowest BCUT2D eigenvalue weighted by atomic mass is 10.2. The third-order valence-corrected chi connectivity index (χ3v) is 6.88. The minimum Gasteiger partial charge on any atom is -0.390 e. The molecule has 160 valence electrons. The zero-order valence-corrected chi connectivity index (χ0v) is 16.2. The smallest absolute Gasteiger partial charge is 0.390 e. The Labute approximate surface area is 155 Å². The average molecular weight is 468 g/mol. The monoisotopic (exact) mass is 468 g/mol. The summed E-state index contributed by atoms with van der Waals surface area (Å²) in [4.78, 5) is 46.3. The van der Waals surface area contributed by atoms with Crippen molar-refractivity contribution in [3.8, 4) is 0 Å². The Morgan fingerprint density at radius 2 is 1.89 bits per heavy atom. The molecule has 17 nitrogen and oxygen atoms in total. The Bertz CT molecular complexity index is 868. The van der Waals surface area contributed by atoms with Crippen LogP contribution in [0.1, 0.15) is 23.1 Å². The molecule has 0 radical (unpaired) electrons. The second kappa shape index (κ2) is 8.36. The maximum absolute atomic E-state index is 11.6. The molecule has 20 heteroatoms. The fourth-order valence-corrected chi connectivity index (χ4v) is 5.06. The van der Waals surface area contributed by atoms with Gasteiger partial charge in [0.2, 0.25) is 0 Å². The Balaban J connectivity index is 1.94. The number of hydrogen-bond acceptors (Lipinski definition) is 11. The van der Waals surface area contributed by atoms with Crippen molar-refractivity contribution in [1.82, 2.24) is 15.0 Å². The molecule has 1 aliphatic heterocycles. The van der Waals surface area contributed by atoms with Gasteiger partial charge in [-0.25, -0.2) is 18.4 Å². The molecule has 0 spiro atoms. The van der Waals surface area contributed by atoms with Crippen molar-refractivity contribution in [2.45, 2.75) is 24.9 Å². The molecule has 1 aromatic heterocycles. The van der Waals surface area contributed by atoms with Gasteiger partial charge in [-0.3, -0.25) is 9.32 Å². The Hall–Kier alpha value is -1.06. The number of aromatic nitrogens is 3. The number of phosphoric ester groups is 1. The number of ether oxygens (including phenoxy) is 1. The number of aliphatic hydroxyl groups is 1. The van der Waals surface area contributed by atoms with E-state index in [9.17, 15) is 28.5 Å². The van der Waals surface area contributed by atoms with Crippen LogP contribution in [-0.2, 0) is 31.6 Å². The highest BCUT2D eigenvalue weighted by Crippen LogP contribution is 2.66. The highest BCUT2D eigenvalue weighted by Gasteiger charge is 2.43. The van der Waals surface area contributed by atoms with Crippen molar-refractivity contribution < 1.29 is 61.1 Å². The number of primary amides is 1. The van der Waals surface area contributed by atoms with Gasteiger partial charge in [-0.15, -0.1) is 5.10 Å². The van der Waals surface area contributed by atoms with E-state index in [0.717, 1.165) is 10.9 Å². The highest BCUT2D eigenvalue weighted by atomic mass is 31.3. The predicted octanol–water partition coefficient (Wildman–Crippen LogP) is -1.63. The van der Waals surface area contributed by atoms with Crippen LogP contribution in [-0.4, -0.2) is 64.4 Å². The van der Waals surface area contributed by atoms with Gasteiger partial charge in [-0.05, 0) is 0 Å². The summed E-state index contributed by atoms with van der Waals surface area (Å²) in [6.45, 7) is -0.835. The standard InChI is InChI=1S/C8H15N4O13P3/c9-8(14)4-2-12(11-10-4)7-1-5(13)6(23-7)3-22-27(18,19)25-28(20,21)24-26(15,16)17/h2,5-7,13H,1,3H2,(H2,9,14)(H,18,19)(H,20,21)(H2,15,16,17)/t5-,6+,7+/m0/s1. The van der Waals surface area contributed by atoms with Crippen LogP contribution in [0, 0.1) is 0 Å². The first-order chi connectivity index (χ1) is 12.7. The molecular formula is C8H15N4O13P3. The Morgan fingerprint density at radius 1 is 1.25 bits per heavy atom. The summed E-state index contributed by atoms with van der Waals surface area (Å²) in [5.41, 5.74) is 4.85. The Kier molecular flexibility index (Phi) is 6.93. The molecule has 2 unspecified atom stereocenters. The topological polar surface area (TPSA) is 263 Å². The third-order valence-electron chi connectivity index (χ3n) is 3.08. The molecule has 0 saturated carbocycles. The molecule has 5 atom stereocenters. The van der Waals surface area contributed by atoms with Crippen LogP contribution < -0.4 is 5.73 Å². The second-order valence-electron chi connectivity index (χ2n) is 5.27. The number of carbonyl (C=O) groups is 1. The number of phosphoric acid groups is 3. The third kappa shape index (κ3) is 6.77. The van der Waals surface area contributed by atoms with Crippen LogP contribution in [0.4, 0.5) is 0 Å². The molecule has 0 aromatic carbocycles. The van der Waals surface area contributed by atoms with Crippen molar-refractivity contribution in [2.75, 3.05) is 6.61 Å². The van der Waals surface area contributed by atoms with Crippen LogP contribution in [0.25, 0.3) is 0 Å². The lowest BCUT2D eigenvalue weighted by Gasteiger charge is -2.19. The van der Waals surface area contributed by atoms with E-state index in [-0.39, 0.29) is 12.1 Å².